The van der Waals surface area contributed by atoms with E-state index in [0.717, 1.165) is 25.0 Å². The molecule has 1 fully saturated rings. The van der Waals surface area contributed by atoms with E-state index in [1.165, 1.54) is 0 Å². The highest BCUT2D eigenvalue weighted by molar-refractivity contribution is 4.99. The number of hydrogen-bond donors (Lipinski definition) is 2. The highest BCUT2D eigenvalue weighted by atomic mass is 16.3. The number of aliphatic hydroxyl groups excluding tert-OH is 1. The topological polar surface area (TPSA) is 77.0 Å². The zero-order chi connectivity index (χ0) is 10.1. The third kappa shape index (κ3) is 1.65. The van der Waals surface area contributed by atoms with E-state index in [0.29, 0.717) is 0 Å². The molecule has 0 aromatic carbocycles. The molecule has 1 aliphatic rings. The third-order valence-corrected chi connectivity index (χ3v) is 2.78. The average Bonchev–Trinajstić information content (AvgIpc) is 2.71. The molecular formula is C9H16N4O. The van der Waals surface area contributed by atoms with Crippen molar-refractivity contribution in [3.05, 3.63) is 11.9 Å². The number of nitrogens with two attached hydrogens (primary N) is 1. The maximum Gasteiger partial charge on any atom is 0.0991 e. The third-order valence-electron chi connectivity index (χ3n) is 2.78. The first kappa shape index (κ1) is 9.61. The largest absolute Gasteiger partial charge is 0.391 e. The molecule has 0 bridgehead atoms. The van der Waals surface area contributed by atoms with Gasteiger partial charge in [-0.1, -0.05) is 5.21 Å². The van der Waals surface area contributed by atoms with Crippen LogP contribution in [0.15, 0.2) is 6.20 Å². The van der Waals surface area contributed by atoms with Gasteiger partial charge >= 0.3 is 0 Å². The number of aromatic nitrogens is 3. The minimum Gasteiger partial charge on any atom is -0.391 e. The Kier molecular flexibility index (Phi) is 2.52. The summed E-state index contributed by atoms with van der Waals surface area (Å²) in [6, 6.07) is -0.00250. The first-order valence-electron chi connectivity index (χ1n) is 5.04. The molecule has 0 amide bonds. The summed E-state index contributed by atoms with van der Waals surface area (Å²) in [7, 11) is 0. The summed E-state index contributed by atoms with van der Waals surface area (Å²) in [5.74, 6) is 0. The Bertz CT molecular complexity index is 310. The fourth-order valence-corrected chi connectivity index (χ4v) is 1.89. The lowest BCUT2D eigenvalue weighted by atomic mass is 10.2. The van der Waals surface area contributed by atoms with E-state index in [-0.39, 0.29) is 18.2 Å². The first-order valence-corrected chi connectivity index (χ1v) is 5.04. The van der Waals surface area contributed by atoms with Crippen molar-refractivity contribution < 1.29 is 5.11 Å². The molecule has 1 aromatic heterocycles. The van der Waals surface area contributed by atoms with Gasteiger partial charge in [-0.25, -0.2) is 4.68 Å². The summed E-state index contributed by atoms with van der Waals surface area (Å²) < 4.78 is 1.75. The minimum absolute atomic E-state index is 0.0926. The van der Waals surface area contributed by atoms with Gasteiger partial charge in [0.1, 0.15) is 0 Å². The van der Waals surface area contributed by atoms with Crippen LogP contribution in [-0.2, 0) is 0 Å². The van der Waals surface area contributed by atoms with Gasteiger partial charge in [-0.3, -0.25) is 0 Å². The molecule has 2 unspecified atom stereocenters. The van der Waals surface area contributed by atoms with Crippen LogP contribution in [0.1, 0.15) is 44.0 Å². The van der Waals surface area contributed by atoms with Gasteiger partial charge < -0.3 is 10.8 Å². The van der Waals surface area contributed by atoms with Crippen LogP contribution in [0.5, 0.6) is 0 Å². The lowest BCUT2D eigenvalue weighted by molar-refractivity contribution is 0.129. The summed E-state index contributed by atoms with van der Waals surface area (Å²) >= 11 is 0. The van der Waals surface area contributed by atoms with E-state index in [4.69, 9.17) is 5.73 Å². The smallest absolute Gasteiger partial charge is 0.0991 e. The molecule has 5 heteroatoms. The van der Waals surface area contributed by atoms with Crippen molar-refractivity contribution in [3.63, 3.8) is 0 Å². The molecule has 14 heavy (non-hydrogen) atoms. The maximum atomic E-state index is 9.67. The Hall–Kier alpha value is -0.940. The highest BCUT2D eigenvalue weighted by Gasteiger charge is 2.27. The molecule has 1 heterocycles. The van der Waals surface area contributed by atoms with Crippen molar-refractivity contribution in [2.75, 3.05) is 0 Å². The lowest BCUT2D eigenvalue weighted by Gasteiger charge is -2.13. The van der Waals surface area contributed by atoms with Gasteiger partial charge in [0.2, 0.25) is 0 Å². The Balaban J connectivity index is 2.16. The summed E-state index contributed by atoms with van der Waals surface area (Å²) in [4.78, 5) is 0. The normalized spacial score (nSPS) is 29.4. The van der Waals surface area contributed by atoms with Crippen LogP contribution in [0.3, 0.4) is 0 Å². The molecule has 0 spiro atoms. The molecule has 78 valence electrons. The van der Waals surface area contributed by atoms with Crippen LogP contribution < -0.4 is 5.73 Å². The zero-order valence-electron chi connectivity index (χ0n) is 8.30. The summed E-state index contributed by atoms with van der Waals surface area (Å²) in [5, 5.41) is 17.6. The van der Waals surface area contributed by atoms with Gasteiger partial charge in [0.15, 0.2) is 0 Å². The molecule has 5 nitrogen and oxygen atoms in total. The van der Waals surface area contributed by atoms with Gasteiger partial charge in [0.05, 0.1) is 24.0 Å². The molecule has 1 saturated carbocycles. The van der Waals surface area contributed by atoms with Crippen molar-refractivity contribution in [1.82, 2.24) is 15.0 Å². The van der Waals surface area contributed by atoms with Gasteiger partial charge in [-0.2, -0.15) is 0 Å². The molecule has 2 rings (SSSR count). The molecule has 0 saturated heterocycles. The maximum absolute atomic E-state index is 9.67. The highest BCUT2D eigenvalue weighted by Crippen LogP contribution is 2.29. The van der Waals surface area contributed by atoms with Crippen molar-refractivity contribution in [2.45, 2.75) is 44.4 Å². The Morgan fingerprint density at radius 3 is 2.93 bits per heavy atom. The number of rotatable bonds is 2. The molecule has 0 radical (unpaired) electrons. The first-order chi connectivity index (χ1) is 6.68. The van der Waals surface area contributed by atoms with Crippen molar-refractivity contribution in [2.24, 2.45) is 5.73 Å². The van der Waals surface area contributed by atoms with Crippen molar-refractivity contribution >= 4 is 0 Å². The molecule has 3 N–H and O–H groups in total. The Morgan fingerprint density at radius 2 is 2.43 bits per heavy atom. The molecule has 3 atom stereocenters. The van der Waals surface area contributed by atoms with Gasteiger partial charge in [0.25, 0.3) is 0 Å². The minimum atomic E-state index is -0.280. The van der Waals surface area contributed by atoms with Crippen molar-refractivity contribution in [3.8, 4) is 0 Å². The van der Waals surface area contributed by atoms with Gasteiger partial charge in [0, 0.05) is 6.04 Å². The number of aliphatic hydroxyl groups is 1. The monoisotopic (exact) mass is 196 g/mol. The fraction of sp³-hybridized carbons (Fsp3) is 0.778. The van der Waals surface area contributed by atoms with Crippen LogP contribution in [0, 0.1) is 0 Å². The van der Waals surface area contributed by atoms with E-state index >= 15 is 0 Å². The predicted molar refractivity (Wildman–Crippen MR) is 51.5 cm³/mol. The van der Waals surface area contributed by atoms with E-state index in [1.807, 2.05) is 13.1 Å². The van der Waals surface area contributed by atoms with Crippen LogP contribution >= 0.6 is 0 Å². The SMILES string of the molecule is C[C@@H](N)c1cn(C2CCCC2O)nn1. The second-order valence-electron chi connectivity index (χ2n) is 3.98. The second kappa shape index (κ2) is 3.67. The zero-order valence-corrected chi connectivity index (χ0v) is 8.30. The van der Waals surface area contributed by atoms with E-state index in [2.05, 4.69) is 10.3 Å². The molecular weight excluding hydrogens is 180 g/mol. The molecule has 1 aliphatic carbocycles. The quantitative estimate of drug-likeness (QED) is 0.717. The average molecular weight is 196 g/mol. The predicted octanol–water partition coefficient (Wildman–Crippen LogP) is 0.384. The molecule has 1 aromatic rings. The van der Waals surface area contributed by atoms with Gasteiger partial charge in [-0.05, 0) is 26.2 Å². The standard InChI is InChI=1S/C9H16N4O/c1-6(10)7-5-13(12-11-7)8-3-2-4-9(8)14/h5-6,8-9,14H,2-4,10H2,1H3/t6-,8?,9?/m1/s1. The Morgan fingerprint density at radius 1 is 1.64 bits per heavy atom. The number of nitrogens with zero attached hydrogens (tertiary/aromatic N) is 3. The van der Waals surface area contributed by atoms with Crippen LogP contribution in [0.4, 0.5) is 0 Å². The van der Waals surface area contributed by atoms with Crippen LogP contribution in [0.25, 0.3) is 0 Å². The van der Waals surface area contributed by atoms with Crippen molar-refractivity contribution in [1.29, 1.82) is 0 Å². The van der Waals surface area contributed by atoms with E-state index in [1.54, 1.807) is 4.68 Å². The second-order valence-corrected chi connectivity index (χ2v) is 3.98. The number of hydrogen-bond acceptors (Lipinski definition) is 4. The lowest BCUT2D eigenvalue weighted by Crippen LogP contribution is -2.18. The van der Waals surface area contributed by atoms with Crippen LogP contribution in [0.2, 0.25) is 0 Å². The van der Waals surface area contributed by atoms with E-state index < -0.39 is 0 Å². The molecule has 0 aliphatic heterocycles. The summed E-state index contributed by atoms with van der Waals surface area (Å²) in [6.45, 7) is 1.87. The summed E-state index contributed by atoms with van der Waals surface area (Å²) in [6.07, 6.45) is 4.45. The Labute approximate surface area is 82.9 Å². The van der Waals surface area contributed by atoms with E-state index in [9.17, 15) is 5.11 Å². The fourth-order valence-electron chi connectivity index (χ4n) is 1.89. The van der Waals surface area contributed by atoms with Crippen LogP contribution in [-0.4, -0.2) is 26.2 Å². The van der Waals surface area contributed by atoms with Gasteiger partial charge in [-0.15, -0.1) is 5.10 Å². The summed E-state index contributed by atoms with van der Waals surface area (Å²) in [5.41, 5.74) is 6.46.